The minimum absolute atomic E-state index is 0.123. The normalized spacial score (nSPS) is 29.4. The summed E-state index contributed by atoms with van der Waals surface area (Å²) in [6, 6.07) is 5.82. The van der Waals surface area contributed by atoms with Gasteiger partial charge < -0.3 is 4.74 Å². The van der Waals surface area contributed by atoms with Crippen LogP contribution in [0, 0.1) is 23.2 Å². The van der Waals surface area contributed by atoms with Crippen molar-refractivity contribution in [1.82, 2.24) is 4.98 Å². The van der Waals surface area contributed by atoms with Gasteiger partial charge >= 0.3 is 5.97 Å². The lowest BCUT2D eigenvalue weighted by atomic mass is 9.45. The van der Waals surface area contributed by atoms with Crippen molar-refractivity contribution in [2.75, 3.05) is 7.11 Å². The van der Waals surface area contributed by atoms with Crippen LogP contribution < -0.4 is 0 Å². The van der Waals surface area contributed by atoms with Crippen LogP contribution in [0.2, 0.25) is 0 Å². The second-order valence-electron chi connectivity index (χ2n) is 7.57. The van der Waals surface area contributed by atoms with Crippen LogP contribution in [0.25, 0.3) is 0 Å². The molecule has 3 nitrogen and oxygen atoms in total. The van der Waals surface area contributed by atoms with Crippen molar-refractivity contribution < 1.29 is 9.53 Å². The van der Waals surface area contributed by atoms with Crippen LogP contribution in [0.1, 0.15) is 46.0 Å². The van der Waals surface area contributed by atoms with Gasteiger partial charge in [-0.15, -0.1) is 0 Å². The molecule has 126 valence electrons. The lowest BCUT2D eigenvalue weighted by molar-refractivity contribution is -0.140. The number of carbonyl (C=O) groups is 1. The van der Waals surface area contributed by atoms with E-state index in [0.29, 0.717) is 5.41 Å². The van der Waals surface area contributed by atoms with Crippen LogP contribution in [0.5, 0.6) is 0 Å². The first-order chi connectivity index (χ1) is 11.0. The maximum absolute atomic E-state index is 12.1. The van der Waals surface area contributed by atoms with E-state index in [0.717, 1.165) is 35.6 Å². The van der Waals surface area contributed by atoms with E-state index < -0.39 is 0 Å². The summed E-state index contributed by atoms with van der Waals surface area (Å²) in [5.74, 6) is 2.43. The van der Waals surface area contributed by atoms with Crippen LogP contribution in [0.15, 0.2) is 29.4 Å². The zero-order valence-corrected chi connectivity index (χ0v) is 15.1. The standard InChI is InChI=1S/C19H27NO2S/c1-19(2)14-9-7-13(15(19)12-14)8-10-16(18(21)22-3)23-17-6-4-5-11-20-17/h4-6,11,13-16H,7-10,12H2,1-3H3/t13-,14-,15-,16?/m0/s1. The maximum atomic E-state index is 12.1. The Morgan fingerprint density at radius 3 is 2.87 bits per heavy atom. The van der Waals surface area contributed by atoms with Crippen LogP contribution >= 0.6 is 11.8 Å². The third-order valence-corrected chi connectivity index (χ3v) is 7.36. The lowest BCUT2D eigenvalue weighted by Gasteiger charge is -2.60. The first kappa shape index (κ1) is 16.8. The molecule has 1 heterocycles. The average Bonchev–Trinajstić information content (AvgIpc) is 2.58. The van der Waals surface area contributed by atoms with Crippen molar-refractivity contribution in [3.63, 3.8) is 0 Å². The Morgan fingerprint density at radius 2 is 2.26 bits per heavy atom. The molecule has 3 saturated carbocycles. The van der Waals surface area contributed by atoms with E-state index in [4.69, 9.17) is 4.74 Å². The van der Waals surface area contributed by atoms with Gasteiger partial charge in [-0.05, 0) is 67.4 Å². The summed E-state index contributed by atoms with van der Waals surface area (Å²) in [4.78, 5) is 16.5. The number of aromatic nitrogens is 1. The van der Waals surface area contributed by atoms with Gasteiger partial charge in [-0.1, -0.05) is 31.7 Å². The Kier molecular flexibility index (Phi) is 5.00. The molecule has 0 radical (unpaired) electrons. The summed E-state index contributed by atoms with van der Waals surface area (Å²) in [6.45, 7) is 4.86. The average molecular weight is 333 g/mol. The molecule has 3 aliphatic rings. The molecule has 3 fully saturated rings. The molecule has 1 aromatic heterocycles. The van der Waals surface area contributed by atoms with Gasteiger partial charge in [-0.3, -0.25) is 4.79 Å². The van der Waals surface area contributed by atoms with E-state index in [1.165, 1.54) is 38.1 Å². The van der Waals surface area contributed by atoms with Gasteiger partial charge in [0.05, 0.1) is 12.1 Å². The summed E-state index contributed by atoms with van der Waals surface area (Å²) < 4.78 is 5.01. The van der Waals surface area contributed by atoms with Crippen molar-refractivity contribution in [3.8, 4) is 0 Å². The number of thioether (sulfide) groups is 1. The highest BCUT2D eigenvalue weighted by Gasteiger charge is 2.53. The predicted molar refractivity (Wildman–Crippen MR) is 93.2 cm³/mol. The molecule has 1 unspecified atom stereocenters. The fourth-order valence-electron chi connectivity index (χ4n) is 4.59. The number of carbonyl (C=O) groups excluding carboxylic acids is 1. The summed E-state index contributed by atoms with van der Waals surface area (Å²) in [5, 5.41) is 0.756. The Labute approximate surface area is 143 Å². The first-order valence-electron chi connectivity index (χ1n) is 8.68. The summed E-state index contributed by atoms with van der Waals surface area (Å²) >= 11 is 1.54. The Bertz CT molecular complexity index is 544. The van der Waals surface area contributed by atoms with Gasteiger partial charge in [0.2, 0.25) is 0 Å². The van der Waals surface area contributed by atoms with Crippen LogP contribution in [0.3, 0.4) is 0 Å². The van der Waals surface area contributed by atoms with Crippen molar-refractivity contribution in [2.45, 2.75) is 56.2 Å². The zero-order valence-electron chi connectivity index (χ0n) is 14.3. The minimum atomic E-state index is -0.143. The van der Waals surface area contributed by atoms with E-state index >= 15 is 0 Å². The number of fused-ring (bicyclic) bond motifs is 2. The van der Waals surface area contributed by atoms with Gasteiger partial charge in [0.25, 0.3) is 0 Å². The molecule has 0 aromatic carbocycles. The molecule has 2 bridgehead atoms. The van der Waals surface area contributed by atoms with Gasteiger partial charge in [0.15, 0.2) is 0 Å². The van der Waals surface area contributed by atoms with Crippen molar-refractivity contribution in [1.29, 1.82) is 0 Å². The van der Waals surface area contributed by atoms with E-state index in [1.54, 1.807) is 6.20 Å². The molecule has 0 spiro atoms. The Hall–Kier alpha value is -1.03. The monoisotopic (exact) mass is 333 g/mol. The van der Waals surface area contributed by atoms with E-state index in [1.807, 2.05) is 18.2 Å². The Balaban J connectivity index is 1.59. The fourth-order valence-corrected chi connectivity index (χ4v) is 5.61. The van der Waals surface area contributed by atoms with Gasteiger partial charge in [-0.2, -0.15) is 0 Å². The Morgan fingerprint density at radius 1 is 1.43 bits per heavy atom. The first-order valence-corrected chi connectivity index (χ1v) is 9.56. The number of pyridine rings is 1. The highest BCUT2D eigenvalue weighted by Crippen LogP contribution is 2.62. The number of hydrogen-bond acceptors (Lipinski definition) is 4. The van der Waals surface area contributed by atoms with Gasteiger partial charge in [0, 0.05) is 6.20 Å². The second kappa shape index (κ2) is 6.84. The lowest BCUT2D eigenvalue weighted by Crippen LogP contribution is -2.52. The highest BCUT2D eigenvalue weighted by molar-refractivity contribution is 8.00. The quantitative estimate of drug-likeness (QED) is 0.565. The molecule has 4 heteroatoms. The van der Waals surface area contributed by atoms with Crippen molar-refractivity contribution >= 4 is 17.7 Å². The molecule has 23 heavy (non-hydrogen) atoms. The number of rotatable bonds is 6. The summed E-state index contributed by atoms with van der Waals surface area (Å²) in [5.41, 5.74) is 0.512. The fraction of sp³-hybridized carbons (Fsp3) is 0.684. The molecule has 0 N–H and O–H groups in total. The predicted octanol–water partition coefficient (Wildman–Crippen LogP) is 4.57. The number of hydrogen-bond donors (Lipinski definition) is 0. The van der Waals surface area contributed by atoms with E-state index in [2.05, 4.69) is 18.8 Å². The summed E-state index contributed by atoms with van der Waals surface area (Å²) in [6.07, 6.45) is 7.88. The second-order valence-corrected chi connectivity index (χ2v) is 8.80. The zero-order chi connectivity index (χ0) is 16.4. The van der Waals surface area contributed by atoms with Crippen LogP contribution in [-0.2, 0) is 9.53 Å². The number of nitrogens with zero attached hydrogens (tertiary/aromatic N) is 1. The van der Waals surface area contributed by atoms with Crippen LogP contribution in [-0.4, -0.2) is 23.3 Å². The third kappa shape index (κ3) is 3.42. The molecule has 3 aliphatic carbocycles. The SMILES string of the molecule is COC(=O)C(CC[C@@H]1CC[C@H]2C[C@@H]1C2(C)C)Sc1ccccn1. The molecule has 0 amide bonds. The van der Waals surface area contributed by atoms with Gasteiger partial charge in [0.1, 0.15) is 5.25 Å². The molecule has 0 saturated heterocycles. The molecule has 4 atom stereocenters. The molecular weight excluding hydrogens is 306 g/mol. The molecule has 1 aromatic rings. The van der Waals surface area contributed by atoms with E-state index in [9.17, 15) is 4.79 Å². The number of ether oxygens (including phenoxy) is 1. The minimum Gasteiger partial charge on any atom is -0.468 e. The van der Waals surface area contributed by atoms with Gasteiger partial charge in [-0.25, -0.2) is 4.98 Å². The summed E-state index contributed by atoms with van der Waals surface area (Å²) in [7, 11) is 1.48. The highest BCUT2D eigenvalue weighted by atomic mass is 32.2. The molecule has 4 rings (SSSR count). The number of methoxy groups -OCH3 is 1. The topological polar surface area (TPSA) is 39.2 Å². The molecule has 0 aliphatic heterocycles. The van der Waals surface area contributed by atoms with Crippen molar-refractivity contribution in [3.05, 3.63) is 24.4 Å². The van der Waals surface area contributed by atoms with Crippen LogP contribution in [0.4, 0.5) is 0 Å². The van der Waals surface area contributed by atoms with E-state index in [-0.39, 0.29) is 11.2 Å². The van der Waals surface area contributed by atoms with Crippen molar-refractivity contribution in [2.24, 2.45) is 23.2 Å². The third-order valence-electron chi connectivity index (χ3n) is 6.17. The number of esters is 1. The molecular formula is C19H27NO2S. The largest absolute Gasteiger partial charge is 0.468 e. The smallest absolute Gasteiger partial charge is 0.319 e. The maximum Gasteiger partial charge on any atom is 0.319 e.